The summed E-state index contributed by atoms with van der Waals surface area (Å²) in [6.45, 7) is 4.09. The van der Waals surface area contributed by atoms with E-state index in [-0.39, 0.29) is 6.61 Å². The Hall–Kier alpha value is -1.32. The second-order valence-corrected chi connectivity index (χ2v) is 5.91. The van der Waals surface area contributed by atoms with E-state index in [1.165, 1.54) is 5.56 Å². The van der Waals surface area contributed by atoms with Gasteiger partial charge in [-0.15, -0.1) is 0 Å². The molecule has 2 rings (SSSR count). The predicted octanol–water partition coefficient (Wildman–Crippen LogP) is 4.08. The summed E-state index contributed by atoms with van der Waals surface area (Å²) in [6.07, 6.45) is 0. The Morgan fingerprint density at radius 3 is 2.42 bits per heavy atom. The Morgan fingerprint density at radius 2 is 1.84 bits per heavy atom. The zero-order chi connectivity index (χ0) is 13.9. The summed E-state index contributed by atoms with van der Waals surface area (Å²) < 4.78 is 1.02. The number of hydrogen-bond donors (Lipinski definition) is 2. The van der Waals surface area contributed by atoms with Gasteiger partial charge < -0.3 is 10.4 Å². The molecule has 0 spiro atoms. The Bertz CT molecular complexity index is 553. The molecule has 0 heterocycles. The van der Waals surface area contributed by atoms with Crippen LogP contribution in [0.2, 0.25) is 0 Å². The second kappa shape index (κ2) is 5.76. The number of rotatable bonds is 4. The van der Waals surface area contributed by atoms with Crippen molar-refractivity contribution >= 4 is 21.6 Å². The number of halogens is 1. The lowest BCUT2D eigenvalue weighted by Crippen LogP contribution is -2.35. The summed E-state index contributed by atoms with van der Waals surface area (Å²) in [5.74, 6) is 0. The van der Waals surface area contributed by atoms with E-state index < -0.39 is 5.54 Å². The van der Waals surface area contributed by atoms with Crippen LogP contribution in [-0.2, 0) is 5.54 Å². The molecule has 0 aliphatic heterocycles. The maximum Gasteiger partial charge on any atom is 0.0828 e. The second-order valence-electron chi connectivity index (χ2n) is 4.99. The fourth-order valence-electron chi connectivity index (χ4n) is 2.01. The summed E-state index contributed by atoms with van der Waals surface area (Å²) in [6, 6.07) is 16.2. The highest BCUT2D eigenvalue weighted by Gasteiger charge is 2.25. The van der Waals surface area contributed by atoms with Crippen LogP contribution in [-0.4, -0.2) is 11.7 Å². The molecule has 0 radical (unpaired) electrons. The first kappa shape index (κ1) is 14.1. The molecular formula is C16H18BrNO. The van der Waals surface area contributed by atoms with Crippen LogP contribution >= 0.6 is 15.9 Å². The smallest absolute Gasteiger partial charge is 0.0828 e. The summed E-state index contributed by atoms with van der Waals surface area (Å²) in [5, 5.41) is 13.2. The number of aliphatic hydroxyl groups is 1. The zero-order valence-electron chi connectivity index (χ0n) is 11.2. The Morgan fingerprint density at radius 1 is 1.16 bits per heavy atom. The Labute approximate surface area is 122 Å². The molecule has 3 heteroatoms. The molecule has 2 aromatic rings. The number of benzene rings is 2. The molecule has 0 aliphatic carbocycles. The average Bonchev–Trinajstić information content (AvgIpc) is 2.39. The van der Waals surface area contributed by atoms with Gasteiger partial charge in [0.1, 0.15) is 0 Å². The zero-order valence-corrected chi connectivity index (χ0v) is 12.7. The monoisotopic (exact) mass is 319 g/mol. The molecule has 0 aliphatic rings. The average molecular weight is 320 g/mol. The summed E-state index contributed by atoms with van der Waals surface area (Å²) in [5.41, 5.74) is 2.77. The number of anilines is 1. The van der Waals surface area contributed by atoms with E-state index in [1.807, 2.05) is 31.2 Å². The maximum atomic E-state index is 9.76. The van der Waals surface area contributed by atoms with E-state index in [1.54, 1.807) is 0 Å². The SMILES string of the molecule is Cc1ccc(C(C)(CO)Nc2cccc(Br)c2)cc1. The largest absolute Gasteiger partial charge is 0.394 e. The molecule has 2 N–H and O–H groups in total. The third-order valence-corrected chi connectivity index (χ3v) is 3.74. The van der Waals surface area contributed by atoms with Crippen LogP contribution in [0, 0.1) is 6.92 Å². The van der Waals surface area contributed by atoms with E-state index in [0.29, 0.717) is 0 Å². The topological polar surface area (TPSA) is 32.3 Å². The van der Waals surface area contributed by atoms with Crippen LogP contribution in [0.3, 0.4) is 0 Å². The highest BCUT2D eigenvalue weighted by atomic mass is 79.9. The minimum Gasteiger partial charge on any atom is -0.394 e. The van der Waals surface area contributed by atoms with E-state index in [2.05, 4.69) is 52.4 Å². The maximum absolute atomic E-state index is 9.76. The molecule has 2 nitrogen and oxygen atoms in total. The Kier molecular flexibility index (Phi) is 4.27. The lowest BCUT2D eigenvalue weighted by atomic mass is 9.92. The van der Waals surface area contributed by atoms with Gasteiger partial charge in [-0.1, -0.05) is 51.8 Å². The minimum atomic E-state index is -0.492. The number of aryl methyl sites for hydroxylation is 1. The van der Waals surface area contributed by atoms with Crippen molar-refractivity contribution in [2.24, 2.45) is 0 Å². The van der Waals surface area contributed by atoms with Gasteiger partial charge in [0.2, 0.25) is 0 Å². The Balaban J connectivity index is 2.29. The molecule has 0 amide bonds. The highest BCUT2D eigenvalue weighted by Crippen LogP contribution is 2.27. The molecule has 0 aromatic heterocycles. The third kappa shape index (κ3) is 3.37. The first-order chi connectivity index (χ1) is 9.03. The van der Waals surface area contributed by atoms with Gasteiger partial charge in [-0.25, -0.2) is 0 Å². The highest BCUT2D eigenvalue weighted by molar-refractivity contribution is 9.10. The van der Waals surface area contributed by atoms with Gasteiger partial charge in [0.05, 0.1) is 12.1 Å². The van der Waals surface area contributed by atoms with Crippen molar-refractivity contribution in [3.8, 4) is 0 Å². The molecule has 1 unspecified atom stereocenters. The molecule has 0 fully saturated rings. The van der Waals surface area contributed by atoms with Crippen LogP contribution in [0.15, 0.2) is 53.0 Å². The molecule has 19 heavy (non-hydrogen) atoms. The van der Waals surface area contributed by atoms with E-state index in [4.69, 9.17) is 0 Å². The number of aliphatic hydroxyl groups excluding tert-OH is 1. The van der Waals surface area contributed by atoms with Crippen LogP contribution in [0.4, 0.5) is 5.69 Å². The molecule has 0 bridgehead atoms. The van der Waals surface area contributed by atoms with Gasteiger partial charge in [0, 0.05) is 10.2 Å². The summed E-state index contributed by atoms with van der Waals surface area (Å²) in [4.78, 5) is 0. The quantitative estimate of drug-likeness (QED) is 0.890. The van der Waals surface area contributed by atoms with Crippen LogP contribution < -0.4 is 5.32 Å². The van der Waals surface area contributed by atoms with Crippen molar-refractivity contribution in [3.05, 3.63) is 64.1 Å². The molecule has 0 saturated carbocycles. The molecule has 0 saturated heterocycles. The van der Waals surface area contributed by atoms with Crippen molar-refractivity contribution in [2.45, 2.75) is 19.4 Å². The lowest BCUT2D eigenvalue weighted by Gasteiger charge is -2.30. The molecule has 2 aromatic carbocycles. The van der Waals surface area contributed by atoms with Gasteiger partial charge >= 0.3 is 0 Å². The number of hydrogen-bond acceptors (Lipinski definition) is 2. The fraction of sp³-hybridized carbons (Fsp3) is 0.250. The predicted molar refractivity (Wildman–Crippen MR) is 83.4 cm³/mol. The van der Waals surface area contributed by atoms with Crippen molar-refractivity contribution in [1.82, 2.24) is 0 Å². The van der Waals surface area contributed by atoms with Crippen molar-refractivity contribution in [3.63, 3.8) is 0 Å². The molecule has 100 valence electrons. The molecular weight excluding hydrogens is 302 g/mol. The summed E-state index contributed by atoms with van der Waals surface area (Å²) >= 11 is 3.45. The first-order valence-electron chi connectivity index (χ1n) is 6.25. The van der Waals surface area contributed by atoms with E-state index in [0.717, 1.165) is 15.7 Å². The van der Waals surface area contributed by atoms with Crippen LogP contribution in [0.25, 0.3) is 0 Å². The van der Waals surface area contributed by atoms with Gasteiger partial charge in [-0.2, -0.15) is 0 Å². The van der Waals surface area contributed by atoms with Crippen molar-refractivity contribution in [1.29, 1.82) is 0 Å². The van der Waals surface area contributed by atoms with Gasteiger partial charge in [-0.05, 0) is 37.6 Å². The van der Waals surface area contributed by atoms with Crippen LogP contribution in [0.1, 0.15) is 18.1 Å². The van der Waals surface area contributed by atoms with Gasteiger partial charge in [0.25, 0.3) is 0 Å². The normalized spacial score (nSPS) is 13.9. The molecule has 1 atom stereocenters. The standard InChI is InChI=1S/C16H18BrNO/c1-12-6-8-13(9-7-12)16(2,11-19)18-15-5-3-4-14(17)10-15/h3-10,18-19H,11H2,1-2H3. The van der Waals surface area contributed by atoms with E-state index >= 15 is 0 Å². The first-order valence-corrected chi connectivity index (χ1v) is 7.04. The van der Waals surface area contributed by atoms with Gasteiger partial charge in [-0.3, -0.25) is 0 Å². The third-order valence-electron chi connectivity index (χ3n) is 3.25. The summed E-state index contributed by atoms with van der Waals surface area (Å²) in [7, 11) is 0. The van der Waals surface area contributed by atoms with Crippen molar-refractivity contribution < 1.29 is 5.11 Å². The minimum absolute atomic E-state index is 0.0303. The fourth-order valence-corrected chi connectivity index (χ4v) is 2.41. The van der Waals surface area contributed by atoms with Gasteiger partial charge in [0.15, 0.2) is 0 Å². The van der Waals surface area contributed by atoms with Crippen molar-refractivity contribution in [2.75, 3.05) is 11.9 Å². The van der Waals surface area contributed by atoms with Crippen LogP contribution in [0.5, 0.6) is 0 Å². The lowest BCUT2D eigenvalue weighted by molar-refractivity contribution is 0.224. The van der Waals surface area contributed by atoms with E-state index in [9.17, 15) is 5.11 Å². The number of nitrogens with one attached hydrogen (secondary N) is 1.